The lowest BCUT2D eigenvalue weighted by Crippen LogP contribution is -2.55. The fourth-order valence-corrected chi connectivity index (χ4v) is 5.39. The summed E-state index contributed by atoms with van der Waals surface area (Å²) in [5.41, 5.74) is 4.60. The summed E-state index contributed by atoms with van der Waals surface area (Å²) in [4.78, 5) is 7.78. The van der Waals surface area contributed by atoms with Crippen molar-refractivity contribution in [2.45, 2.75) is 25.4 Å². The predicted molar refractivity (Wildman–Crippen MR) is 122 cm³/mol. The van der Waals surface area contributed by atoms with Gasteiger partial charge < -0.3 is 9.64 Å². The minimum Gasteiger partial charge on any atom is -0.495 e. The molecule has 2 aliphatic rings. The van der Waals surface area contributed by atoms with E-state index in [0.29, 0.717) is 6.04 Å². The molecular formula is C23H29N5OS. The zero-order valence-corrected chi connectivity index (χ0v) is 18.4. The molecule has 0 amide bonds. The van der Waals surface area contributed by atoms with Crippen LogP contribution in [-0.2, 0) is 6.54 Å². The van der Waals surface area contributed by atoms with Gasteiger partial charge in [0.1, 0.15) is 16.8 Å². The van der Waals surface area contributed by atoms with Crippen molar-refractivity contribution in [2.75, 3.05) is 51.3 Å². The average molecular weight is 424 g/mol. The summed E-state index contributed by atoms with van der Waals surface area (Å²) in [6.45, 7) is 7.70. The van der Waals surface area contributed by atoms with Gasteiger partial charge in [-0.3, -0.25) is 9.80 Å². The number of hydrogen-bond donors (Lipinski definition) is 0. The van der Waals surface area contributed by atoms with Crippen molar-refractivity contribution < 1.29 is 4.74 Å². The van der Waals surface area contributed by atoms with Crippen molar-refractivity contribution in [1.29, 1.82) is 0 Å². The number of hydrogen-bond acceptors (Lipinski definition) is 7. The van der Waals surface area contributed by atoms with Gasteiger partial charge >= 0.3 is 0 Å². The van der Waals surface area contributed by atoms with Gasteiger partial charge in [0.2, 0.25) is 0 Å². The quantitative estimate of drug-likeness (QED) is 0.626. The van der Waals surface area contributed by atoms with Crippen LogP contribution in [0.15, 0.2) is 42.5 Å². The minimum absolute atomic E-state index is 0.656. The van der Waals surface area contributed by atoms with Crippen LogP contribution >= 0.6 is 11.7 Å². The number of nitrogens with zero attached hydrogens (tertiary/aromatic N) is 5. The Balaban J connectivity index is 1.18. The smallest absolute Gasteiger partial charge is 0.142 e. The maximum absolute atomic E-state index is 5.56. The molecular weight excluding hydrogens is 394 g/mol. The molecule has 5 rings (SSSR count). The highest BCUT2D eigenvalue weighted by atomic mass is 32.1. The van der Waals surface area contributed by atoms with Crippen LogP contribution in [0.1, 0.15) is 18.4 Å². The van der Waals surface area contributed by atoms with Gasteiger partial charge in [-0.25, -0.2) is 0 Å². The summed E-state index contributed by atoms with van der Waals surface area (Å²) in [6, 6.07) is 15.5. The Morgan fingerprint density at radius 1 is 1.00 bits per heavy atom. The lowest BCUT2D eigenvalue weighted by molar-refractivity contribution is 0.0887. The first-order valence-corrected chi connectivity index (χ1v) is 11.6. The van der Waals surface area contributed by atoms with Crippen molar-refractivity contribution in [3.8, 4) is 5.75 Å². The van der Waals surface area contributed by atoms with Crippen LogP contribution in [0, 0.1) is 0 Å². The fourth-order valence-electron chi connectivity index (χ4n) is 4.88. The highest BCUT2D eigenvalue weighted by molar-refractivity contribution is 7.00. The van der Waals surface area contributed by atoms with E-state index in [1.807, 2.05) is 6.07 Å². The van der Waals surface area contributed by atoms with Crippen LogP contribution in [0.25, 0.3) is 11.0 Å². The third kappa shape index (κ3) is 4.15. The molecule has 6 nitrogen and oxygen atoms in total. The van der Waals surface area contributed by atoms with Crippen molar-refractivity contribution in [2.24, 2.45) is 0 Å². The van der Waals surface area contributed by atoms with E-state index >= 15 is 0 Å². The van der Waals surface area contributed by atoms with Crippen LogP contribution in [0.5, 0.6) is 5.75 Å². The highest BCUT2D eigenvalue weighted by Crippen LogP contribution is 2.29. The van der Waals surface area contributed by atoms with Gasteiger partial charge in [0.25, 0.3) is 0 Å². The summed E-state index contributed by atoms with van der Waals surface area (Å²) in [5.74, 6) is 0.974. The van der Waals surface area contributed by atoms with Gasteiger partial charge in [-0.2, -0.15) is 8.75 Å². The first kappa shape index (κ1) is 19.7. The summed E-state index contributed by atoms with van der Waals surface area (Å²) >= 11 is 1.30. The Hall–Kier alpha value is -2.22. The minimum atomic E-state index is 0.656. The van der Waals surface area contributed by atoms with E-state index in [9.17, 15) is 0 Å². The molecule has 2 fully saturated rings. The molecule has 158 valence electrons. The van der Waals surface area contributed by atoms with E-state index in [1.54, 1.807) is 7.11 Å². The standard InChI is InChI=1S/C23H29N5OS/c1-29-23-7-3-2-6-22(23)28-13-11-27(12-14-28)19-5-4-10-26(17-19)16-18-8-9-20-21(15-18)25-30-24-20/h2-3,6-9,15,19H,4-5,10-14,16-17H2,1H3/t19-/m1/s1. The van der Waals surface area contributed by atoms with Crippen molar-refractivity contribution in [1.82, 2.24) is 18.5 Å². The second-order valence-electron chi connectivity index (χ2n) is 8.31. The number of likely N-dealkylation sites (tertiary alicyclic amines) is 1. The second kappa shape index (κ2) is 8.88. The van der Waals surface area contributed by atoms with E-state index in [-0.39, 0.29) is 0 Å². The van der Waals surface area contributed by atoms with E-state index < -0.39 is 0 Å². The van der Waals surface area contributed by atoms with E-state index in [2.05, 4.69) is 59.8 Å². The topological polar surface area (TPSA) is 44.7 Å². The van der Waals surface area contributed by atoms with E-state index in [0.717, 1.165) is 56.1 Å². The Kier molecular flexibility index (Phi) is 5.84. The SMILES string of the molecule is COc1ccccc1N1CCN([C@@H]2CCCN(Cc3ccc4nsnc4c3)C2)CC1. The Labute approximate surface area is 182 Å². The molecule has 1 atom stereocenters. The maximum atomic E-state index is 5.56. The number of piperazine rings is 1. The number of para-hydroxylation sites is 2. The molecule has 30 heavy (non-hydrogen) atoms. The number of fused-ring (bicyclic) bond motifs is 1. The molecule has 0 unspecified atom stereocenters. The number of methoxy groups -OCH3 is 1. The highest BCUT2D eigenvalue weighted by Gasteiger charge is 2.28. The summed E-state index contributed by atoms with van der Waals surface area (Å²) in [6.07, 6.45) is 2.58. The molecule has 1 aromatic heterocycles. The van der Waals surface area contributed by atoms with Crippen LogP contribution < -0.4 is 9.64 Å². The van der Waals surface area contributed by atoms with E-state index in [4.69, 9.17) is 4.74 Å². The molecule has 7 heteroatoms. The molecule has 0 bridgehead atoms. The molecule has 2 saturated heterocycles. The van der Waals surface area contributed by atoms with E-state index in [1.165, 1.54) is 42.4 Å². The van der Waals surface area contributed by atoms with Gasteiger partial charge in [0.05, 0.1) is 24.5 Å². The summed E-state index contributed by atoms with van der Waals surface area (Å²) in [5, 5.41) is 0. The number of rotatable bonds is 5. The van der Waals surface area contributed by atoms with Gasteiger partial charge in [-0.15, -0.1) is 0 Å². The molecule has 0 saturated carbocycles. The molecule has 2 aliphatic heterocycles. The lowest BCUT2D eigenvalue weighted by Gasteiger charge is -2.44. The number of anilines is 1. The Bertz CT molecular complexity index is 984. The third-order valence-electron chi connectivity index (χ3n) is 6.46. The first-order valence-electron chi connectivity index (χ1n) is 10.9. The molecule has 3 aromatic rings. The van der Waals surface area contributed by atoms with Gasteiger partial charge in [-0.1, -0.05) is 18.2 Å². The molecule has 0 spiro atoms. The predicted octanol–water partition coefficient (Wildman–Crippen LogP) is 3.49. The number of ether oxygens (including phenoxy) is 1. The number of aromatic nitrogens is 2. The van der Waals surface area contributed by atoms with Gasteiger partial charge in [0.15, 0.2) is 0 Å². The van der Waals surface area contributed by atoms with Crippen LogP contribution in [0.3, 0.4) is 0 Å². The van der Waals surface area contributed by atoms with Crippen LogP contribution in [-0.4, -0.2) is 71.0 Å². The molecule has 2 aromatic carbocycles. The molecule has 0 N–H and O–H groups in total. The second-order valence-corrected chi connectivity index (χ2v) is 8.84. The molecule has 0 aliphatic carbocycles. The molecule has 3 heterocycles. The fraction of sp³-hybridized carbons (Fsp3) is 0.478. The monoisotopic (exact) mass is 423 g/mol. The normalized spacial score (nSPS) is 21.2. The lowest BCUT2D eigenvalue weighted by atomic mass is 10.0. The summed E-state index contributed by atoms with van der Waals surface area (Å²) in [7, 11) is 1.76. The summed E-state index contributed by atoms with van der Waals surface area (Å²) < 4.78 is 14.3. The van der Waals surface area contributed by atoms with Gasteiger partial charge in [0, 0.05) is 45.3 Å². The largest absolute Gasteiger partial charge is 0.495 e. The van der Waals surface area contributed by atoms with Crippen molar-refractivity contribution >= 4 is 28.4 Å². The van der Waals surface area contributed by atoms with Crippen molar-refractivity contribution in [3.63, 3.8) is 0 Å². The maximum Gasteiger partial charge on any atom is 0.142 e. The van der Waals surface area contributed by atoms with Crippen molar-refractivity contribution in [3.05, 3.63) is 48.0 Å². The first-order chi connectivity index (χ1) is 14.8. The zero-order chi connectivity index (χ0) is 20.3. The number of piperidine rings is 1. The average Bonchev–Trinajstić information content (AvgIpc) is 3.27. The zero-order valence-electron chi connectivity index (χ0n) is 17.5. The Morgan fingerprint density at radius 2 is 1.83 bits per heavy atom. The Morgan fingerprint density at radius 3 is 2.70 bits per heavy atom. The van der Waals surface area contributed by atoms with Gasteiger partial charge in [-0.05, 0) is 49.2 Å². The third-order valence-corrected chi connectivity index (χ3v) is 7.02. The number of benzene rings is 2. The van der Waals surface area contributed by atoms with Crippen LogP contribution in [0.2, 0.25) is 0 Å². The molecule has 0 radical (unpaired) electrons. The van der Waals surface area contributed by atoms with Crippen LogP contribution in [0.4, 0.5) is 5.69 Å².